The molecule has 2 heterocycles. The standard InChI is InChI=1S/C20H19FN4O/c21-17-5-7-18(8-6-17)25-13-16(11-23-25)20(26)24-12-15-4-2-1-3-14(15)9-19(24)10-22/h1-8,11,13,19H,9-10,12,22H2. The fourth-order valence-corrected chi connectivity index (χ4v) is 3.37. The Kier molecular flexibility index (Phi) is 4.26. The topological polar surface area (TPSA) is 64.2 Å². The second-order valence-corrected chi connectivity index (χ2v) is 6.45. The molecule has 5 nitrogen and oxygen atoms in total. The summed E-state index contributed by atoms with van der Waals surface area (Å²) in [6, 6.07) is 14.1. The van der Waals surface area contributed by atoms with Gasteiger partial charge in [0.05, 0.1) is 17.4 Å². The van der Waals surface area contributed by atoms with Crippen LogP contribution in [0.25, 0.3) is 5.69 Å². The van der Waals surface area contributed by atoms with Crippen molar-refractivity contribution in [1.29, 1.82) is 0 Å². The van der Waals surface area contributed by atoms with Crippen LogP contribution in [0.3, 0.4) is 0 Å². The lowest BCUT2D eigenvalue weighted by atomic mass is 9.93. The number of carbonyl (C=O) groups is 1. The lowest BCUT2D eigenvalue weighted by Gasteiger charge is -2.36. The molecule has 1 aliphatic rings. The van der Waals surface area contributed by atoms with Gasteiger partial charge in [-0.25, -0.2) is 9.07 Å². The number of hydrogen-bond acceptors (Lipinski definition) is 3. The van der Waals surface area contributed by atoms with Crippen LogP contribution in [0, 0.1) is 5.82 Å². The monoisotopic (exact) mass is 350 g/mol. The zero-order valence-electron chi connectivity index (χ0n) is 14.2. The minimum Gasteiger partial charge on any atom is -0.330 e. The molecule has 2 aromatic carbocycles. The van der Waals surface area contributed by atoms with Crippen molar-refractivity contribution in [3.8, 4) is 5.69 Å². The number of nitrogens with two attached hydrogens (primary N) is 1. The number of rotatable bonds is 3. The van der Waals surface area contributed by atoms with Gasteiger partial charge in [-0.05, 0) is 41.8 Å². The molecule has 1 aromatic heterocycles. The maximum Gasteiger partial charge on any atom is 0.257 e. The molecule has 132 valence electrons. The predicted octanol–water partition coefficient (Wildman–Crippen LogP) is 2.54. The molecule has 6 heteroatoms. The normalized spacial score (nSPS) is 16.4. The molecular weight excluding hydrogens is 331 g/mol. The Labute approximate surface area is 150 Å². The van der Waals surface area contributed by atoms with Crippen LogP contribution in [0.4, 0.5) is 4.39 Å². The summed E-state index contributed by atoms with van der Waals surface area (Å²) in [5.41, 5.74) is 9.51. The first-order chi connectivity index (χ1) is 12.7. The Hall–Kier alpha value is -2.99. The van der Waals surface area contributed by atoms with E-state index in [0.717, 1.165) is 12.0 Å². The van der Waals surface area contributed by atoms with E-state index in [1.807, 2.05) is 23.1 Å². The van der Waals surface area contributed by atoms with E-state index < -0.39 is 0 Å². The zero-order chi connectivity index (χ0) is 18.1. The highest BCUT2D eigenvalue weighted by atomic mass is 19.1. The lowest BCUT2D eigenvalue weighted by molar-refractivity contribution is 0.0648. The third kappa shape index (κ3) is 2.99. The summed E-state index contributed by atoms with van der Waals surface area (Å²) >= 11 is 0. The average molecular weight is 350 g/mol. The molecule has 1 amide bonds. The first-order valence-electron chi connectivity index (χ1n) is 8.54. The molecule has 0 bridgehead atoms. The summed E-state index contributed by atoms with van der Waals surface area (Å²) in [5, 5.41) is 4.24. The number of nitrogens with zero attached hydrogens (tertiary/aromatic N) is 3. The van der Waals surface area contributed by atoms with Crippen LogP contribution in [0.1, 0.15) is 21.5 Å². The van der Waals surface area contributed by atoms with Gasteiger partial charge in [0.25, 0.3) is 5.91 Å². The highest BCUT2D eigenvalue weighted by Crippen LogP contribution is 2.24. The van der Waals surface area contributed by atoms with E-state index in [0.29, 0.717) is 24.3 Å². The zero-order valence-corrected chi connectivity index (χ0v) is 14.2. The van der Waals surface area contributed by atoms with Crippen LogP contribution in [-0.4, -0.2) is 33.2 Å². The third-order valence-corrected chi connectivity index (χ3v) is 4.81. The molecule has 1 aliphatic heterocycles. The summed E-state index contributed by atoms with van der Waals surface area (Å²) in [4.78, 5) is 14.8. The van der Waals surface area contributed by atoms with Crippen molar-refractivity contribution in [2.75, 3.05) is 6.54 Å². The number of carbonyl (C=O) groups excluding carboxylic acids is 1. The SMILES string of the molecule is NCC1Cc2ccccc2CN1C(=O)c1cnn(-c2ccc(F)cc2)c1. The number of hydrogen-bond donors (Lipinski definition) is 1. The first-order valence-corrected chi connectivity index (χ1v) is 8.54. The van der Waals surface area contributed by atoms with E-state index >= 15 is 0 Å². The van der Waals surface area contributed by atoms with Gasteiger partial charge >= 0.3 is 0 Å². The summed E-state index contributed by atoms with van der Waals surface area (Å²) in [6.45, 7) is 0.949. The number of benzene rings is 2. The maximum absolute atomic E-state index is 13.1. The summed E-state index contributed by atoms with van der Waals surface area (Å²) in [7, 11) is 0. The van der Waals surface area contributed by atoms with Crippen LogP contribution in [0.5, 0.6) is 0 Å². The van der Waals surface area contributed by atoms with Crippen LogP contribution in [0.2, 0.25) is 0 Å². The molecule has 3 aromatic rings. The fourth-order valence-electron chi connectivity index (χ4n) is 3.37. The number of amides is 1. The smallest absolute Gasteiger partial charge is 0.257 e. The summed E-state index contributed by atoms with van der Waals surface area (Å²) < 4.78 is 14.7. The van der Waals surface area contributed by atoms with Crippen molar-refractivity contribution in [2.24, 2.45) is 5.73 Å². The molecule has 1 atom stereocenters. The second-order valence-electron chi connectivity index (χ2n) is 6.45. The van der Waals surface area contributed by atoms with Crippen LogP contribution >= 0.6 is 0 Å². The summed E-state index contributed by atoms with van der Waals surface area (Å²) in [6.07, 6.45) is 3.97. The molecule has 0 radical (unpaired) electrons. The van der Waals surface area contributed by atoms with Gasteiger partial charge in [-0.3, -0.25) is 4.79 Å². The maximum atomic E-state index is 13.1. The quantitative estimate of drug-likeness (QED) is 0.789. The minimum absolute atomic E-state index is 0.0356. The van der Waals surface area contributed by atoms with Crippen LogP contribution < -0.4 is 5.73 Å². The Bertz CT molecular complexity index is 935. The van der Waals surface area contributed by atoms with Crippen molar-refractivity contribution in [2.45, 2.75) is 19.0 Å². The van der Waals surface area contributed by atoms with E-state index in [2.05, 4.69) is 11.2 Å². The fraction of sp³-hybridized carbons (Fsp3) is 0.200. The minimum atomic E-state index is -0.310. The molecule has 26 heavy (non-hydrogen) atoms. The Morgan fingerprint density at radius 3 is 2.62 bits per heavy atom. The first kappa shape index (κ1) is 16.5. The van der Waals surface area contributed by atoms with Gasteiger partial charge in [0.1, 0.15) is 5.82 Å². The van der Waals surface area contributed by atoms with Crippen molar-refractivity contribution in [3.05, 3.63) is 83.4 Å². The van der Waals surface area contributed by atoms with E-state index in [1.54, 1.807) is 29.2 Å². The number of halogens is 1. The third-order valence-electron chi connectivity index (χ3n) is 4.81. The van der Waals surface area contributed by atoms with E-state index in [9.17, 15) is 9.18 Å². The van der Waals surface area contributed by atoms with Gasteiger partial charge in [0, 0.05) is 25.3 Å². The molecule has 0 fully saturated rings. The van der Waals surface area contributed by atoms with Gasteiger partial charge in [0.2, 0.25) is 0 Å². The molecule has 4 rings (SSSR count). The lowest BCUT2D eigenvalue weighted by Crippen LogP contribution is -2.48. The van der Waals surface area contributed by atoms with Gasteiger partial charge in [-0.1, -0.05) is 24.3 Å². The van der Waals surface area contributed by atoms with Gasteiger partial charge in [-0.15, -0.1) is 0 Å². The Morgan fingerprint density at radius 2 is 1.88 bits per heavy atom. The van der Waals surface area contributed by atoms with Crippen LogP contribution in [-0.2, 0) is 13.0 Å². The summed E-state index contributed by atoms with van der Waals surface area (Å²) in [5.74, 6) is -0.404. The molecule has 1 unspecified atom stereocenters. The average Bonchev–Trinajstić information content (AvgIpc) is 3.17. The molecular formula is C20H19FN4O. The molecule has 0 spiro atoms. The van der Waals surface area contributed by atoms with Crippen molar-refractivity contribution in [1.82, 2.24) is 14.7 Å². The largest absolute Gasteiger partial charge is 0.330 e. The number of fused-ring (bicyclic) bond motifs is 1. The molecule has 0 aliphatic carbocycles. The predicted molar refractivity (Wildman–Crippen MR) is 96.4 cm³/mol. The van der Waals surface area contributed by atoms with E-state index in [1.165, 1.54) is 17.7 Å². The molecule has 0 saturated carbocycles. The van der Waals surface area contributed by atoms with Crippen molar-refractivity contribution >= 4 is 5.91 Å². The molecule has 0 saturated heterocycles. The van der Waals surface area contributed by atoms with Crippen molar-refractivity contribution in [3.63, 3.8) is 0 Å². The van der Waals surface area contributed by atoms with E-state index in [-0.39, 0.29) is 17.8 Å². The highest BCUT2D eigenvalue weighted by molar-refractivity contribution is 5.94. The van der Waals surface area contributed by atoms with Crippen LogP contribution in [0.15, 0.2) is 60.9 Å². The van der Waals surface area contributed by atoms with Crippen molar-refractivity contribution < 1.29 is 9.18 Å². The molecule has 2 N–H and O–H groups in total. The Morgan fingerprint density at radius 1 is 1.15 bits per heavy atom. The number of aromatic nitrogens is 2. The van der Waals surface area contributed by atoms with Gasteiger partial charge in [0.15, 0.2) is 0 Å². The highest BCUT2D eigenvalue weighted by Gasteiger charge is 2.30. The Balaban J connectivity index is 1.60. The van der Waals surface area contributed by atoms with Gasteiger partial charge in [-0.2, -0.15) is 5.10 Å². The van der Waals surface area contributed by atoms with Gasteiger partial charge < -0.3 is 10.6 Å². The van der Waals surface area contributed by atoms with E-state index in [4.69, 9.17) is 5.73 Å². The second kappa shape index (κ2) is 6.72.